The van der Waals surface area contributed by atoms with Crippen LogP contribution in [0.3, 0.4) is 0 Å². The second-order valence-corrected chi connectivity index (χ2v) is 6.27. The van der Waals surface area contributed by atoms with E-state index >= 15 is 0 Å². The normalized spacial score (nSPS) is 22.8. The second kappa shape index (κ2) is 7.07. The molecule has 0 amide bonds. The van der Waals surface area contributed by atoms with Crippen molar-refractivity contribution in [1.29, 1.82) is 0 Å². The summed E-state index contributed by atoms with van der Waals surface area (Å²) in [6.45, 7) is 5.17. The molecule has 2 heterocycles. The number of aryl methyl sites for hydroxylation is 1. The lowest BCUT2D eigenvalue weighted by atomic mass is 9.87. The zero-order valence-corrected chi connectivity index (χ0v) is 13.5. The Morgan fingerprint density at radius 2 is 2.14 bits per heavy atom. The minimum absolute atomic E-state index is 0.307. The van der Waals surface area contributed by atoms with Gasteiger partial charge in [0.2, 0.25) is 0 Å². The third-order valence-corrected chi connectivity index (χ3v) is 4.75. The lowest BCUT2D eigenvalue weighted by molar-refractivity contribution is -0.0136. The molecular formula is C18H25N3O. The van der Waals surface area contributed by atoms with Crippen LogP contribution in [0.5, 0.6) is 0 Å². The molecule has 2 aromatic rings. The maximum Gasteiger partial charge on any atom is 0.0730 e. The molecule has 3 rings (SSSR count). The first kappa shape index (κ1) is 15.3. The molecule has 1 aliphatic rings. The predicted molar refractivity (Wildman–Crippen MR) is 87.7 cm³/mol. The van der Waals surface area contributed by atoms with Crippen LogP contribution in [0, 0.1) is 12.8 Å². The summed E-state index contributed by atoms with van der Waals surface area (Å²) >= 11 is 0. The van der Waals surface area contributed by atoms with E-state index < -0.39 is 0 Å². The quantitative estimate of drug-likeness (QED) is 0.923. The van der Waals surface area contributed by atoms with Gasteiger partial charge in [0.15, 0.2) is 0 Å². The van der Waals surface area contributed by atoms with E-state index in [0.717, 1.165) is 26.1 Å². The van der Waals surface area contributed by atoms with E-state index in [1.165, 1.54) is 23.2 Å². The van der Waals surface area contributed by atoms with Gasteiger partial charge in [-0.3, -0.25) is 10.00 Å². The first-order valence-electron chi connectivity index (χ1n) is 8.04. The summed E-state index contributed by atoms with van der Waals surface area (Å²) < 4.78 is 5.79. The maximum absolute atomic E-state index is 5.79. The summed E-state index contributed by atoms with van der Waals surface area (Å²) in [5.74, 6) is 0.606. The number of H-pyrrole nitrogens is 1. The summed E-state index contributed by atoms with van der Waals surface area (Å²) in [5, 5.41) is 7.13. The van der Waals surface area contributed by atoms with Gasteiger partial charge in [-0.15, -0.1) is 0 Å². The second-order valence-electron chi connectivity index (χ2n) is 6.27. The van der Waals surface area contributed by atoms with Crippen LogP contribution in [0.4, 0.5) is 0 Å². The van der Waals surface area contributed by atoms with Gasteiger partial charge >= 0.3 is 0 Å². The fraction of sp³-hybridized carbons (Fsp3) is 0.500. The van der Waals surface area contributed by atoms with Gasteiger partial charge in [-0.2, -0.15) is 5.10 Å². The minimum atomic E-state index is 0.307. The molecule has 0 saturated carbocycles. The van der Waals surface area contributed by atoms with Gasteiger partial charge in [0, 0.05) is 31.5 Å². The summed E-state index contributed by atoms with van der Waals surface area (Å²) in [6.07, 6.45) is 4.54. The van der Waals surface area contributed by atoms with Crippen LogP contribution in [-0.4, -0.2) is 41.4 Å². The minimum Gasteiger partial charge on any atom is -0.380 e. The number of benzene rings is 1. The van der Waals surface area contributed by atoms with E-state index in [0.29, 0.717) is 12.0 Å². The van der Waals surface area contributed by atoms with E-state index in [2.05, 4.69) is 52.4 Å². The third kappa shape index (κ3) is 3.57. The fourth-order valence-corrected chi connectivity index (χ4v) is 3.37. The van der Waals surface area contributed by atoms with Crippen LogP contribution in [-0.2, 0) is 17.7 Å². The number of nitrogens with one attached hydrogen (secondary N) is 1. The highest BCUT2D eigenvalue weighted by molar-refractivity contribution is 5.16. The number of aromatic amines is 1. The van der Waals surface area contributed by atoms with Crippen molar-refractivity contribution in [2.45, 2.75) is 32.4 Å². The zero-order valence-electron chi connectivity index (χ0n) is 13.5. The number of hydrogen-bond donors (Lipinski definition) is 1. The van der Waals surface area contributed by atoms with Gasteiger partial charge in [0.05, 0.1) is 12.3 Å². The first-order chi connectivity index (χ1) is 10.8. The highest BCUT2D eigenvalue weighted by Gasteiger charge is 2.29. The Bertz CT molecular complexity index is 581. The number of ether oxygens (including phenoxy) is 1. The van der Waals surface area contributed by atoms with Crippen LogP contribution < -0.4 is 0 Å². The van der Waals surface area contributed by atoms with Crippen molar-refractivity contribution < 1.29 is 4.74 Å². The topological polar surface area (TPSA) is 41.1 Å². The van der Waals surface area contributed by atoms with E-state index in [4.69, 9.17) is 4.74 Å². The van der Waals surface area contributed by atoms with E-state index in [-0.39, 0.29) is 0 Å². The molecule has 0 radical (unpaired) electrons. The molecule has 2 atom stereocenters. The molecule has 0 aliphatic carbocycles. The Kier molecular flexibility index (Phi) is 4.90. The Labute approximate surface area is 132 Å². The van der Waals surface area contributed by atoms with Gasteiger partial charge in [0.1, 0.15) is 0 Å². The summed E-state index contributed by atoms with van der Waals surface area (Å²) in [6, 6.07) is 10.7. The van der Waals surface area contributed by atoms with E-state index in [9.17, 15) is 0 Å². The van der Waals surface area contributed by atoms with Crippen molar-refractivity contribution in [3.8, 4) is 0 Å². The molecule has 1 aromatic carbocycles. The predicted octanol–water partition coefficient (Wildman–Crippen LogP) is 2.80. The molecular weight excluding hydrogens is 274 g/mol. The summed E-state index contributed by atoms with van der Waals surface area (Å²) in [4.78, 5) is 2.48. The van der Waals surface area contributed by atoms with Crippen molar-refractivity contribution >= 4 is 0 Å². The summed E-state index contributed by atoms with van der Waals surface area (Å²) in [7, 11) is 1.84. The van der Waals surface area contributed by atoms with Crippen molar-refractivity contribution in [2.24, 2.45) is 5.92 Å². The Hall–Kier alpha value is -1.65. The number of likely N-dealkylation sites (tertiary alicyclic amines) is 1. The number of hydrogen-bond acceptors (Lipinski definition) is 3. The van der Waals surface area contributed by atoms with Crippen LogP contribution in [0.15, 0.2) is 36.5 Å². The molecule has 22 heavy (non-hydrogen) atoms. The lowest BCUT2D eigenvalue weighted by Crippen LogP contribution is -2.45. The Morgan fingerprint density at radius 1 is 1.32 bits per heavy atom. The number of methoxy groups -OCH3 is 1. The molecule has 118 valence electrons. The average molecular weight is 299 g/mol. The van der Waals surface area contributed by atoms with Crippen LogP contribution in [0.2, 0.25) is 0 Å². The van der Waals surface area contributed by atoms with Crippen molar-refractivity contribution in [3.05, 3.63) is 53.3 Å². The molecule has 0 bridgehead atoms. The molecule has 4 heteroatoms. The molecule has 0 spiro atoms. The first-order valence-corrected chi connectivity index (χ1v) is 8.04. The number of piperidine rings is 1. The smallest absolute Gasteiger partial charge is 0.0730 e. The lowest BCUT2D eigenvalue weighted by Gasteiger charge is -2.38. The highest BCUT2D eigenvalue weighted by Crippen LogP contribution is 2.25. The molecule has 0 unspecified atom stereocenters. The third-order valence-electron chi connectivity index (χ3n) is 4.75. The molecule has 1 fully saturated rings. The van der Waals surface area contributed by atoms with Crippen molar-refractivity contribution in [1.82, 2.24) is 15.1 Å². The zero-order chi connectivity index (χ0) is 15.4. The van der Waals surface area contributed by atoms with Crippen molar-refractivity contribution in [2.75, 3.05) is 20.2 Å². The van der Waals surface area contributed by atoms with Gasteiger partial charge in [-0.25, -0.2) is 0 Å². The van der Waals surface area contributed by atoms with Gasteiger partial charge in [-0.1, -0.05) is 30.3 Å². The van der Waals surface area contributed by atoms with Crippen LogP contribution >= 0.6 is 0 Å². The van der Waals surface area contributed by atoms with Crippen LogP contribution in [0.25, 0.3) is 0 Å². The standard InChI is InChI=1S/C18H25N3O/c1-14-17(11-19-20-14)12-21-9-8-16(18(13-21)22-2)10-15-6-4-3-5-7-15/h3-7,11,16,18H,8-10,12-13H2,1-2H3,(H,19,20)/t16-,18-/m1/s1. The largest absolute Gasteiger partial charge is 0.380 e. The number of rotatable bonds is 5. The maximum atomic E-state index is 5.79. The molecule has 1 saturated heterocycles. The monoisotopic (exact) mass is 299 g/mol. The van der Waals surface area contributed by atoms with Crippen molar-refractivity contribution in [3.63, 3.8) is 0 Å². The van der Waals surface area contributed by atoms with Crippen LogP contribution in [0.1, 0.15) is 23.2 Å². The Balaban J connectivity index is 1.60. The molecule has 1 aliphatic heterocycles. The molecule has 1 N–H and O–H groups in total. The van der Waals surface area contributed by atoms with Gasteiger partial charge < -0.3 is 4.74 Å². The van der Waals surface area contributed by atoms with Gasteiger partial charge in [-0.05, 0) is 37.8 Å². The molecule has 4 nitrogen and oxygen atoms in total. The fourth-order valence-electron chi connectivity index (χ4n) is 3.37. The van der Waals surface area contributed by atoms with E-state index in [1.54, 1.807) is 0 Å². The Morgan fingerprint density at radius 3 is 2.82 bits per heavy atom. The number of nitrogens with zero attached hydrogens (tertiary/aromatic N) is 2. The van der Waals surface area contributed by atoms with E-state index in [1.807, 2.05) is 13.3 Å². The van der Waals surface area contributed by atoms with Gasteiger partial charge in [0.25, 0.3) is 0 Å². The molecule has 1 aromatic heterocycles. The average Bonchev–Trinajstić information content (AvgIpc) is 2.95. The highest BCUT2D eigenvalue weighted by atomic mass is 16.5. The SMILES string of the molecule is CO[C@@H]1CN(Cc2cn[nH]c2C)CC[C@@H]1Cc1ccccc1. The number of aromatic nitrogens is 2. The summed E-state index contributed by atoms with van der Waals surface area (Å²) in [5.41, 5.74) is 3.87.